The Morgan fingerprint density at radius 3 is 2.65 bits per heavy atom. The van der Waals surface area contributed by atoms with E-state index >= 15 is 0 Å². The van der Waals surface area contributed by atoms with Crippen LogP contribution in [0.4, 0.5) is 4.39 Å². The van der Waals surface area contributed by atoms with Crippen LogP contribution in [0.25, 0.3) is 0 Å². The molecular weight excluding hydrogens is 333 g/mol. The van der Waals surface area contributed by atoms with Gasteiger partial charge in [-0.05, 0) is 43.0 Å². The summed E-state index contributed by atoms with van der Waals surface area (Å²) in [7, 11) is 0. The minimum atomic E-state index is -0.378. The molecule has 2 N–H and O–H groups in total. The van der Waals surface area contributed by atoms with E-state index in [1.807, 2.05) is 0 Å². The van der Waals surface area contributed by atoms with Gasteiger partial charge in [0.15, 0.2) is 0 Å². The molecule has 1 aromatic heterocycles. The summed E-state index contributed by atoms with van der Waals surface area (Å²) >= 11 is 0. The Balaban J connectivity index is 1.55. The van der Waals surface area contributed by atoms with Gasteiger partial charge in [-0.3, -0.25) is 14.6 Å². The second kappa shape index (κ2) is 8.56. The van der Waals surface area contributed by atoms with E-state index in [0.29, 0.717) is 24.1 Å². The predicted octanol–water partition coefficient (Wildman–Crippen LogP) is 2.87. The first-order chi connectivity index (χ1) is 12.6. The average Bonchev–Trinajstić information content (AvgIpc) is 3.16. The van der Waals surface area contributed by atoms with Gasteiger partial charge >= 0.3 is 0 Å². The van der Waals surface area contributed by atoms with Gasteiger partial charge in [0, 0.05) is 24.3 Å². The molecule has 0 aliphatic heterocycles. The summed E-state index contributed by atoms with van der Waals surface area (Å²) in [5.41, 5.74) is 1.15. The fourth-order valence-corrected chi connectivity index (χ4v) is 3.14. The maximum Gasteiger partial charge on any atom is 0.269 e. The van der Waals surface area contributed by atoms with E-state index in [4.69, 9.17) is 0 Å². The van der Waals surface area contributed by atoms with Crippen LogP contribution in [0.15, 0.2) is 42.6 Å². The van der Waals surface area contributed by atoms with Crippen LogP contribution in [0.1, 0.15) is 52.1 Å². The highest BCUT2D eigenvalue weighted by atomic mass is 19.1. The van der Waals surface area contributed by atoms with Gasteiger partial charge in [0.25, 0.3) is 11.8 Å². The highest BCUT2D eigenvalue weighted by Crippen LogP contribution is 2.18. The second-order valence-electron chi connectivity index (χ2n) is 6.48. The van der Waals surface area contributed by atoms with E-state index in [0.717, 1.165) is 25.7 Å². The number of hydrogen-bond donors (Lipinski definition) is 2. The Morgan fingerprint density at radius 1 is 1.12 bits per heavy atom. The highest BCUT2D eigenvalue weighted by molar-refractivity contribution is 5.98. The molecule has 0 saturated heterocycles. The number of carbonyl (C=O) groups excluding carboxylic acids is 2. The van der Waals surface area contributed by atoms with Crippen LogP contribution in [-0.4, -0.2) is 29.4 Å². The van der Waals surface area contributed by atoms with E-state index in [2.05, 4.69) is 15.6 Å². The summed E-state index contributed by atoms with van der Waals surface area (Å²) in [5, 5.41) is 5.71. The van der Waals surface area contributed by atoms with Crippen LogP contribution in [0, 0.1) is 5.82 Å². The first kappa shape index (κ1) is 18.0. The molecule has 0 bridgehead atoms. The number of aromatic nitrogens is 1. The van der Waals surface area contributed by atoms with Crippen molar-refractivity contribution in [1.29, 1.82) is 0 Å². The number of amides is 2. The van der Waals surface area contributed by atoms with Gasteiger partial charge in [0.1, 0.15) is 11.5 Å². The molecule has 5 nitrogen and oxygen atoms in total. The van der Waals surface area contributed by atoms with Crippen LogP contribution in [0.3, 0.4) is 0 Å². The van der Waals surface area contributed by atoms with Crippen molar-refractivity contribution in [3.05, 3.63) is 65.2 Å². The third-order valence-electron chi connectivity index (χ3n) is 4.58. The standard InChI is InChI=1S/C20H22FN3O2/c21-17-8-4-1-5-14(17)9-12-23-20(26)18-13-15(10-11-22-18)19(25)24-16-6-2-3-7-16/h1,4-5,8,10-11,13,16H,2-3,6-7,9,12H2,(H,23,26)(H,24,25). The zero-order chi connectivity index (χ0) is 18.4. The molecule has 0 radical (unpaired) electrons. The number of rotatable bonds is 6. The molecule has 1 saturated carbocycles. The molecule has 0 atom stereocenters. The molecule has 6 heteroatoms. The molecule has 1 fully saturated rings. The van der Waals surface area contributed by atoms with Gasteiger partial charge in [-0.2, -0.15) is 0 Å². The minimum Gasteiger partial charge on any atom is -0.350 e. The van der Waals surface area contributed by atoms with Crippen molar-refractivity contribution in [3.63, 3.8) is 0 Å². The lowest BCUT2D eigenvalue weighted by Crippen LogP contribution is -2.33. The Bertz CT molecular complexity index is 788. The van der Waals surface area contributed by atoms with Crippen LogP contribution in [0.5, 0.6) is 0 Å². The van der Waals surface area contributed by atoms with Crippen molar-refractivity contribution in [2.75, 3.05) is 6.54 Å². The lowest BCUT2D eigenvalue weighted by Gasteiger charge is -2.12. The van der Waals surface area contributed by atoms with E-state index < -0.39 is 0 Å². The number of pyridine rings is 1. The molecule has 2 amide bonds. The molecule has 1 heterocycles. The molecule has 3 rings (SSSR count). The summed E-state index contributed by atoms with van der Waals surface area (Å²) in [6, 6.07) is 9.77. The number of nitrogens with zero attached hydrogens (tertiary/aromatic N) is 1. The van der Waals surface area contributed by atoms with Crippen molar-refractivity contribution in [1.82, 2.24) is 15.6 Å². The second-order valence-corrected chi connectivity index (χ2v) is 6.48. The topological polar surface area (TPSA) is 71.1 Å². The van der Waals surface area contributed by atoms with Crippen LogP contribution in [0.2, 0.25) is 0 Å². The lowest BCUT2D eigenvalue weighted by atomic mass is 10.1. The van der Waals surface area contributed by atoms with Crippen molar-refractivity contribution in [3.8, 4) is 0 Å². The summed E-state index contributed by atoms with van der Waals surface area (Å²) in [6.07, 6.45) is 6.12. The predicted molar refractivity (Wildman–Crippen MR) is 96.4 cm³/mol. The first-order valence-electron chi connectivity index (χ1n) is 8.92. The van der Waals surface area contributed by atoms with Crippen molar-refractivity contribution in [2.45, 2.75) is 38.1 Å². The largest absolute Gasteiger partial charge is 0.350 e. The van der Waals surface area contributed by atoms with Gasteiger partial charge in [-0.15, -0.1) is 0 Å². The summed E-state index contributed by atoms with van der Waals surface area (Å²) in [4.78, 5) is 28.6. The number of hydrogen-bond acceptors (Lipinski definition) is 3. The highest BCUT2D eigenvalue weighted by Gasteiger charge is 2.19. The quantitative estimate of drug-likeness (QED) is 0.837. The Hall–Kier alpha value is -2.76. The molecule has 2 aromatic rings. The third-order valence-corrected chi connectivity index (χ3v) is 4.58. The van der Waals surface area contributed by atoms with Crippen LogP contribution in [-0.2, 0) is 6.42 Å². The molecule has 0 unspecified atom stereocenters. The Morgan fingerprint density at radius 2 is 1.88 bits per heavy atom. The maximum absolute atomic E-state index is 13.6. The van der Waals surface area contributed by atoms with Crippen molar-refractivity contribution in [2.24, 2.45) is 0 Å². The molecule has 0 spiro atoms. The van der Waals surface area contributed by atoms with Crippen molar-refractivity contribution >= 4 is 11.8 Å². The Kier molecular flexibility index (Phi) is 5.94. The minimum absolute atomic E-state index is 0.178. The molecule has 136 valence electrons. The fourth-order valence-electron chi connectivity index (χ4n) is 3.14. The van der Waals surface area contributed by atoms with Gasteiger partial charge < -0.3 is 10.6 Å². The lowest BCUT2D eigenvalue weighted by molar-refractivity contribution is 0.0937. The SMILES string of the molecule is O=C(NC1CCCC1)c1ccnc(C(=O)NCCc2ccccc2F)c1. The monoisotopic (exact) mass is 355 g/mol. The summed E-state index contributed by atoms with van der Waals surface area (Å²) in [5.74, 6) is -0.845. The smallest absolute Gasteiger partial charge is 0.269 e. The molecule has 1 aromatic carbocycles. The number of carbonyl (C=O) groups is 2. The zero-order valence-corrected chi connectivity index (χ0v) is 14.5. The first-order valence-corrected chi connectivity index (χ1v) is 8.92. The van der Waals surface area contributed by atoms with Crippen LogP contribution < -0.4 is 10.6 Å². The van der Waals surface area contributed by atoms with Gasteiger partial charge in [-0.25, -0.2) is 4.39 Å². The normalized spacial score (nSPS) is 14.2. The molecule has 1 aliphatic rings. The number of halogens is 1. The molecule has 1 aliphatic carbocycles. The summed E-state index contributed by atoms with van der Waals surface area (Å²) < 4.78 is 13.6. The third kappa shape index (κ3) is 4.65. The molecule has 26 heavy (non-hydrogen) atoms. The maximum atomic E-state index is 13.6. The Labute approximate surface area is 152 Å². The van der Waals surface area contributed by atoms with E-state index in [-0.39, 0.29) is 29.4 Å². The van der Waals surface area contributed by atoms with Gasteiger partial charge in [-0.1, -0.05) is 31.0 Å². The van der Waals surface area contributed by atoms with Crippen molar-refractivity contribution < 1.29 is 14.0 Å². The van der Waals surface area contributed by atoms with Gasteiger partial charge in [0.2, 0.25) is 0 Å². The van der Waals surface area contributed by atoms with E-state index in [1.54, 1.807) is 24.3 Å². The summed E-state index contributed by atoms with van der Waals surface area (Å²) in [6.45, 7) is 0.292. The fraction of sp³-hybridized carbons (Fsp3) is 0.350. The molecular formula is C20H22FN3O2. The van der Waals surface area contributed by atoms with E-state index in [9.17, 15) is 14.0 Å². The number of nitrogens with one attached hydrogen (secondary N) is 2. The van der Waals surface area contributed by atoms with Crippen LogP contribution >= 0.6 is 0 Å². The number of benzene rings is 1. The average molecular weight is 355 g/mol. The zero-order valence-electron chi connectivity index (χ0n) is 14.5. The van der Waals surface area contributed by atoms with E-state index in [1.165, 1.54) is 18.3 Å². The van der Waals surface area contributed by atoms with Gasteiger partial charge in [0.05, 0.1) is 0 Å².